The number of nitrogens with zero attached hydrogens (tertiary/aromatic N) is 1. The van der Waals surface area contributed by atoms with Gasteiger partial charge in [-0.15, -0.1) is 0 Å². The lowest BCUT2D eigenvalue weighted by atomic mass is 10.3. The van der Waals surface area contributed by atoms with Crippen LogP contribution in [-0.2, 0) is 6.54 Å². The molecule has 1 aromatic rings. The van der Waals surface area contributed by atoms with E-state index in [1.54, 1.807) is 0 Å². The van der Waals surface area contributed by atoms with Crippen LogP contribution in [0.5, 0.6) is 0 Å². The molecule has 1 saturated heterocycles. The van der Waals surface area contributed by atoms with Crippen LogP contribution < -0.4 is 5.32 Å². The predicted molar refractivity (Wildman–Crippen MR) is 62.3 cm³/mol. The van der Waals surface area contributed by atoms with Crippen LogP contribution in [0.3, 0.4) is 0 Å². The zero-order valence-electron chi connectivity index (χ0n) is 7.72. The third kappa shape index (κ3) is 2.59. The number of nitrogens with one attached hydrogen (secondary N) is 1. The Bertz CT molecular complexity index is 288. The molecule has 2 heterocycles. The van der Waals surface area contributed by atoms with Gasteiger partial charge in [-0.1, -0.05) is 0 Å². The normalized spacial score (nSPS) is 18.7. The number of hydrogen-bond donors (Lipinski definition) is 1. The summed E-state index contributed by atoms with van der Waals surface area (Å²) in [7, 11) is 0. The second-order valence-electron chi connectivity index (χ2n) is 3.36. The van der Waals surface area contributed by atoms with E-state index in [4.69, 9.17) is 4.42 Å². The molecule has 1 aliphatic heterocycles. The summed E-state index contributed by atoms with van der Waals surface area (Å²) in [6.07, 6.45) is 0. The molecule has 1 N–H and O–H groups in total. The molecule has 0 amide bonds. The third-order valence-electron chi connectivity index (χ3n) is 2.29. The van der Waals surface area contributed by atoms with E-state index in [-0.39, 0.29) is 0 Å². The molecular formula is C9H12Br2N2O. The predicted octanol–water partition coefficient (Wildman–Crippen LogP) is 2.21. The molecule has 0 bridgehead atoms. The first-order chi connectivity index (χ1) is 6.75. The fraction of sp³-hybridized carbons (Fsp3) is 0.556. The zero-order chi connectivity index (χ0) is 9.97. The number of piperazine rings is 1. The molecule has 0 aliphatic carbocycles. The summed E-state index contributed by atoms with van der Waals surface area (Å²) >= 11 is 6.75. The lowest BCUT2D eigenvalue weighted by Crippen LogP contribution is -2.42. The molecule has 0 unspecified atom stereocenters. The Morgan fingerprint density at radius 1 is 1.36 bits per heavy atom. The average Bonchev–Trinajstić information content (AvgIpc) is 2.47. The smallest absolute Gasteiger partial charge is 0.183 e. The van der Waals surface area contributed by atoms with Crippen molar-refractivity contribution in [3.63, 3.8) is 0 Å². The SMILES string of the molecule is Brc1cc(CN2CCNCC2)oc1Br. The minimum absolute atomic E-state index is 0.780. The summed E-state index contributed by atoms with van der Waals surface area (Å²) in [5, 5.41) is 3.33. The van der Waals surface area contributed by atoms with Crippen LogP contribution in [0.4, 0.5) is 0 Å². The molecule has 3 nitrogen and oxygen atoms in total. The molecule has 5 heteroatoms. The maximum absolute atomic E-state index is 5.52. The summed E-state index contributed by atoms with van der Waals surface area (Å²) in [5.41, 5.74) is 0. The van der Waals surface area contributed by atoms with Crippen LogP contribution in [0.2, 0.25) is 0 Å². The van der Waals surface area contributed by atoms with Gasteiger partial charge in [0.2, 0.25) is 0 Å². The van der Waals surface area contributed by atoms with E-state index in [9.17, 15) is 0 Å². The van der Waals surface area contributed by atoms with Crippen molar-refractivity contribution < 1.29 is 4.42 Å². The quantitative estimate of drug-likeness (QED) is 0.904. The Morgan fingerprint density at radius 3 is 2.64 bits per heavy atom. The van der Waals surface area contributed by atoms with E-state index in [0.29, 0.717) is 0 Å². The van der Waals surface area contributed by atoms with Gasteiger partial charge in [-0.2, -0.15) is 0 Å². The highest BCUT2D eigenvalue weighted by atomic mass is 79.9. The van der Waals surface area contributed by atoms with Gasteiger partial charge in [0, 0.05) is 26.2 Å². The summed E-state index contributed by atoms with van der Waals surface area (Å²) in [6, 6.07) is 2.02. The van der Waals surface area contributed by atoms with Crippen molar-refractivity contribution in [3.8, 4) is 0 Å². The monoisotopic (exact) mass is 322 g/mol. The van der Waals surface area contributed by atoms with Crippen molar-refractivity contribution in [1.82, 2.24) is 10.2 Å². The lowest BCUT2D eigenvalue weighted by Gasteiger charge is -2.25. The van der Waals surface area contributed by atoms with Crippen molar-refractivity contribution in [2.75, 3.05) is 26.2 Å². The van der Waals surface area contributed by atoms with E-state index in [1.165, 1.54) is 0 Å². The fourth-order valence-electron chi connectivity index (χ4n) is 1.56. The Kier molecular flexibility index (Phi) is 3.65. The highest BCUT2D eigenvalue weighted by Gasteiger charge is 2.13. The van der Waals surface area contributed by atoms with E-state index in [1.807, 2.05) is 6.07 Å². The van der Waals surface area contributed by atoms with E-state index >= 15 is 0 Å². The van der Waals surface area contributed by atoms with E-state index in [0.717, 1.165) is 47.6 Å². The first-order valence-electron chi connectivity index (χ1n) is 4.62. The molecule has 0 saturated carbocycles. The molecule has 0 spiro atoms. The van der Waals surface area contributed by atoms with Gasteiger partial charge in [-0.25, -0.2) is 0 Å². The molecule has 0 atom stereocenters. The van der Waals surface area contributed by atoms with Crippen LogP contribution in [0.25, 0.3) is 0 Å². The standard InChI is InChI=1S/C9H12Br2N2O/c10-8-5-7(14-9(8)11)6-13-3-1-12-2-4-13/h5,12H,1-4,6H2. The summed E-state index contributed by atoms with van der Waals surface area (Å²) in [4.78, 5) is 2.38. The number of rotatable bonds is 2. The maximum Gasteiger partial charge on any atom is 0.183 e. The first-order valence-corrected chi connectivity index (χ1v) is 6.21. The van der Waals surface area contributed by atoms with Crippen molar-refractivity contribution in [1.29, 1.82) is 0 Å². The summed E-state index contributed by atoms with van der Waals surface area (Å²) in [6.45, 7) is 5.23. The van der Waals surface area contributed by atoms with Crippen LogP contribution in [0, 0.1) is 0 Å². The Balaban J connectivity index is 1.95. The summed E-state index contributed by atoms with van der Waals surface area (Å²) in [5.74, 6) is 1.01. The van der Waals surface area contributed by atoms with Crippen molar-refractivity contribution in [2.45, 2.75) is 6.54 Å². The number of halogens is 2. The van der Waals surface area contributed by atoms with Gasteiger partial charge in [0.25, 0.3) is 0 Å². The minimum Gasteiger partial charge on any atom is -0.452 e. The van der Waals surface area contributed by atoms with Gasteiger partial charge >= 0.3 is 0 Å². The van der Waals surface area contributed by atoms with Crippen molar-refractivity contribution in [3.05, 3.63) is 21.0 Å². The molecule has 14 heavy (non-hydrogen) atoms. The Morgan fingerprint density at radius 2 is 2.07 bits per heavy atom. The van der Waals surface area contributed by atoms with Crippen LogP contribution >= 0.6 is 31.9 Å². The topological polar surface area (TPSA) is 28.4 Å². The van der Waals surface area contributed by atoms with Crippen LogP contribution in [0.15, 0.2) is 19.6 Å². The van der Waals surface area contributed by atoms with Gasteiger partial charge in [0.05, 0.1) is 11.0 Å². The molecule has 0 aromatic carbocycles. The lowest BCUT2D eigenvalue weighted by molar-refractivity contribution is 0.215. The second-order valence-corrected chi connectivity index (χ2v) is 4.94. The van der Waals surface area contributed by atoms with E-state index in [2.05, 4.69) is 42.1 Å². The fourth-order valence-corrected chi connectivity index (χ4v) is 2.22. The molecule has 1 aromatic heterocycles. The largest absolute Gasteiger partial charge is 0.452 e. The maximum atomic E-state index is 5.52. The van der Waals surface area contributed by atoms with Gasteiger partial charge in [-0.3, -0.25) is 4.90 Å². The van der Waals surface area contributed by atoms with Gasteiger partial charge in [0.1, 0.15) is 5.76 Å². The summed E-state index contributed by atoms with van der Waals surface area (Å²) < 4.78 is 7.29. The van der Waals surface area contributed by atoms with Crippen LogP contribution in [-0.4, -0.2) is 31.1 Å². The van der Waals surface area contributed by atoms with Gasteiger partial charge in [0.15, 0.2) is 4.67 Å². The number of furan rings is 1. The zero-order valence-corrected chi connectivity index (χ0v) is 10.9. The third-order valence-corrected chi connectivity index (χ3v) is 4.00. The molecule has 0 radical (unpaired) electrons. The Labute approximate surface area is 100 Å². The Hall–Kier alpha value is 0.160. The highest BCUT2D eigenvalue weighted by molar-refractivity contribution is 9.13. The minimum atomic E-state index is 0.780. The van der Waals surface area contributed by atoms with Gasteiger partial charge in [-0.05, 0) is 37.9 Å². The van der Waals surface area contributed by atoms with Crippen molar-refractivity contribution >= 4 is 31.9 Å². The highest BCUT2D eigenvalue weighted by Crippen LogP contribution is 2.27. The van der Waals surface area contributed by atoms with E-state index < -0.39 is 0 Å². The molecule has 1 fully saturated rings. The van der Waals surface area contributed by atoms with Crippen molar-refractivity contribution in [2.24, 2.45) is 0 Å². The molecule has 78 valence electrons. The first kappa shape index (κ1) is 10.7. The molecule has 2 rings (SSSR count). The molecular weight excluding hydrogens is 312 g/mol. The number of hydrogen-bond acceptors (Lipinski definition) is 3. The second kappa shape index (κ2) is 4.79. The van der Waals surface area contributed by atoms with Crippen LogP contribution in [0.1, 0.15) is 5.76 Å². The van der Waals surface area contributed by atoms with Gasteiger partial charge < -0.3 is 9.73 Å². The average molecular weight is 324 g/mol. The molecule has 1 aliphatic rings.